The summed E-state index contributed by atoms with van der Waals surface area (Å²) in [5, 5.41) is 2.83. The van der Waals surface area contributed by atoms with Crippen LogP contribution in [-0.2, 0) is 21.2 Å². The first-order chi connectivity index (χ1) is 14.3. The monoisotopic (exact) mass is 427 g/mol. The minimum atomic E-state index is -4.09. The number of hydrogen-bond donors (Lipinski definition) is 1. The third-order valence-electron chi connectivity index (χ3n) is 4.63. The van der Waals surface area contributed by atoms with Gasteiger partial charge in [-0.25, -0.2) is 12.8 Å². The van der Waals surface area contributed by atoms with E-state index in [-0.39, 0.29) is 10.6 Å². The number of sulfonamides is 1. The fraction of sp³-hybridized carbons (Fsp3) is 0.182. The van der Waals surface area contributed by atoms with Crippen LogP contribution in [0.3, 0.4) is 0 Å². The summed E-state index contributed by atoms with van der Waals surface area (Å²) in [5.74, 6) is -1.01. The number of halogens is 1. The largest absolute Gasteiger partial charge is 0.324 e. The Bertz CT molecular complexity index is 1130. The van der Waals surface area contributed by atoms with Gasteiger partial charge in [0.25, 0.3) is 10.0 Å². The van der Waals surface area contributed by atoms with Crippen molar-refractivity contribution in [3.8, 4) is 0 Å². The van der Waals surface area contributed by atoms with Gasteiger partial charge in [0.2, 0.25) is 5.91 Å². The predicted octanol–water partition coefficient (Wildman–Crippen LogP) is 3.93. The third-order valence-corrected chi connectivity index (χ3v) is 6.39. The SMILES string of the molecule is CCc1cccc(C)c1NC(=O)CN(c1ccc(F)cc1)S(=O)(=O)c1cccnc1. The van der Waals surface area contributed by atoms with Gasteiger partial charge in [0, 0.05) is 18.1 Å². The van der Waals surface area contributed by atoms with Gasteiger partial charge in [-0.1, -0.05) is 25.1 Å². The number of carbonyl (C=O) groups is 1. The Morgan fingerprint density at radius 3 is 2.47 bits per heavy atom. The van der Waals surface area contributed by atoms with Crippen LogP contribution in [-0.4, -0.2) is 25.9 Å². The van der Waals surface area contributed by atoms with Gasteiger partial charge < -0.3 is 5.32 Å². The third kappa shape index (κ3) is 4.65. The summed E-state index contributed by atoms with van der Waals surface area (Å²) < 4.78 is 40.8. The molecule has 0 aliphatic rings. The van der Waals surface area contributed by atoms with Gasteiger partial charge in [0.1, 0.15) is 17.3 Å². The summed E-state index contributed by atoms with van der Waals surface area (Å²) in [6.07, 6.45) is 3.38. The Labute approximate surface area is 175 Å². The summed E-state index contributed by atoms with van der Waals surface area (Å²) in [6, 6.07) is 13.5. The van der Waals surface area contributed by atoms with Gasteiger partial charge in [0.15, 0.2) is 0 Å². The molecule has 0 atom stereocenters. The van der Waals surface area contributed by atoms with Gasteiger partial charge in [-0.3, -0.25) is 14.1 Å². The quantitative estimate of drug-likeness (QED) is 0.620. The molecule has 2 aromatic carbocycles. The van der Waals surface area contributed by atoms with E-state index in [4.69, 9.17) is 0 Å². The molecule has 0 fully saturated rings. The van der Waals surface area contributed by atoms with Gasteiger partial charge >= 0.3 is 0 Å². The molecule has 0 saturated heterocycles. The summed E-state index contributed by atoms with van der Waals surface area (Å²) in [6.45, 7) is 3.38. The number of rotatable bonds is 7. The number of anilines is 2. The highest BCUT2D eigenvalue weighted by molar-refractivity contribution is 7.92. The van der Waals surface area contributed by atoms with E-state index in [1.54, 1.807) is 0 Å². The fourth-order valence-corrected chi connectivity index (χ4v) is 4.45. The number of aryl methyl sites for hydroxylation is 2. The average Bonchev–Trinajstić information content (AvgIpc) is 2.75. The van der Waals surface area contributed by atoms with E-state index in [0.29, 0.717) is 12.1 Å². The number of nitrogens with one attached hydrogen (secondary N) is 1. The van der Waals surface area contributed by atoms with Crippen LogP contribution in [0, 0.1) is 12.7 Å². The molecule has 3 rings (SSSR count). The van der Waals surface area contributed by atoms with Crippen LogP contribution in [0.15, 0.2) is 71.9 Å². The van der Waals surface area contributed by atoms with Gasteiger partial charge in [0.05, 0.1) is 5.69 Å². The molecule has 1 amide bonds. The van der Waals surface area contributed by atoms with E-state index in [1.165, 1.54) is 36.7 Å². The number of nitrogens with zero attached hydrogens (tertiary/aromatic N) is 2. The van der Waals surface area contributed by atoms with Gasteiger partial charge in [-0.15, -0.1) is 0 Å². The van der Waals surface area contributed by atoms with Crippen molar-refractivity contribution in [1.29, 1.82) is 0 Å². The highest BCUT2D eigenvalue weighted by Gasteiger charge is 2.27. The fourth-order valence-electron chi connectivity index (χ4n) is 3.06. The summed E-state index contributed by atoms with van der Waals surface area (Å²) in [5.41, 5.74) is 2.68. The minimum Gasteiger partial charge on any atom is -0.324 e. The second-order valence-electron chi connectivity index (χ2n) is 6.69. The molecule has 0 aliphatic heterocycles. The van der Waals surface area contributed by atoms with Crippen molar-refractivity contribution in [2.75, 3.05) is 16.2 Å². The molecule has 1 heterocycles. The van der Waals surface area contributed by atoms with Crippen molar-refractivity contribution in [2.45, 2.75) is 25.2 Å². The first-order valence-corrected chi connectivity index (χ1v) is 10.8. The van der Waals surface area contributed by atoms with Crippen molar-refractivity contribution < 1.29 is 17.6 Å². The molecule has 6 nitrogen and oxygen atoms in total. The zero-order valence-electron chi connectivity index (χ0n) is 16.7. The molecule has 3 aromatic rings. The van der Waals surface area contributed by atoms with Crippen LogP contribution in [0.5, 0.6) is 0 Å². The smallest absolute Gasteiger partial charge is 0.266 e. The molecule has 0 unspecified atom stereocenters. The molecule has 156 valence electrons. The lowest BCUT2D eigenvalue weighted by Gasteiger charge is -2.24. The Morgan fingerprint density at radius 1 is 1.10 bits per heavy atom. The number of pyridine rings is 1. The van der Waals surface area contributed by atoms with Crippen LogP contribution in [0.25, 0.3) is 0 Å². The van der Waals surface area contributed by atoms with Crippen LogP contribution in [0.4, 0.5) is 15.8 Å². The van der Waals surface area contributed by atoms with Gasteiger partial charge in [-0.05, 0) is 60.9 Å². The molecule has 0 spiro atoms. The van der Waals surface area contributed by atoms with Crippen molar-refractivity contribution in [3.05, 3.63) is 83.9 Å². The molecule has 0 bridgehead atoms. The van der Waals surface area contributed by atoms with Crippen molar-refractivity contribution in [2.24, 2.45) is 0 Å². The number of para-hydroxylation sites is 1. The molecular weight excluding hydrogens is 405 g/mol. The number of benzene rings is 2. The predicted molar refractivity (Wildman–Crippen MR) is 114 cm³/mol. The maximum absolute atomic E-state index is 13.4. The van der Waals surface area contributed by atoms with Crippen LogP contribution in [0.2, 0.25) is 0 Å². The molecule has 1 N–H and O–H groups in total. The molecule has 30 heavy (non-hydrogen) atoms. The average molecular weight is 428 g/mol. The van der Waals surface area contributed by atoms with E-state index >= 15 is 0 Å². The zero-order chi connectivity index (χ0) is 21.7. The Balaban J connectivity index is 1.96. The normalized spacial score (nSPS) is 11.2. The van der Waals surface area contributed by atoms with E-state index < -0.39 is 28.3 Å². The Morgan fingerprint density at radius 2 is 1.83 bits per heavy atom. The van der Waals surface area contributed by atoms with E-state index in [2.05, 4.69) is 10.3 Å². The van der Waals surface area contributed by atoms with Crippen molar-refractivity contribution >= 4 is 27.3 Å². The summed E-state index contributed by atoms with van der Waals surface area (Å²) in [4.78, 5) is 16.6. The maximum atomic E-state index is 13.4. The summed E-state index contributed by atoms with van der Waals surface area (Å²) >= 11 is 0. The Hall–Kier alpha value is -3.26. The first kappa shape index (κ1) is 21.4. The molecule has 8 heteroatoms. The standard InChI is InChI=1S/C22H22FN3O3S/c1-3-17-7-4-6-16(2)22(17)25-21(27)15-26(19-11-9-18(23)10-12-19)30(28,29)20-8-5-13-24-14-20/h4-14H,3,15H2,1-2H3,(H,25,27). The zero-order valence-corrected chi connectivity index (χ0v) is 17.5. The number of aromatic nitrogens is 1. The highest BCUT2D eigenvalue weighted by atomic mass is 32.2. The van der Waals surface area contributed by atoms with Crippen LogP contribution < -0.4 is 9.62 Å². The topological polar surface area (TPSA) is 79.4 Å². The summed E-state index contributed by atoms with van der Waals surface area (Å²) in [7, 11) is -4.09. The first-order valence-electron chi connectivity index (χ1n) is 9.39. The lowest BCUT2D eigenvalue weighted by atomic mass is 10.1. The van der Waals surface area contributed by atoms with Crippen LogP contribution >= 0.6 is 0 Å². The molecule has 0 saturated carbocycles. The second-order valence-corrected chi connectivity index (χ2v) is 8.55. The van der Waals surface area contributed by atoms with E-state index in [9.17, 15) is 17.6 Å². The van der Waals surface area contributed by atoms with Gasteiger partial charge in [-0.2, -0.15) is 0 Å². The van der Waals surface area contributed by atoms with Crippen LogP contribution in [0.1, 0.15) is 18.1 Å². The molecule has 0 radical (unpaired) electrons. The molecule has 0 aliphatic carbocycles. The van der Waals surface area contributed by atoms with E-state index in [0.717, 1.165) is 27.6 Å². The lowest BCUT2D eigenvalue weighted by molar-refractivity contribution is -0.114. The maximum Gasteiger partial charge on any atom is 0.266 e. The molecular formula is C22H22FN3O3S. The Kier molecular flexibility index (Phi) is 6.47. The number of carbonyl (C=O) groups excluding carboxylic acids is 1. The highest BCUT2D eigenvalue weighted by Crippen LogP contribution is 2.25. The second kappa shape index (κ2) is 9.04. The van der Waals surface area contributed by atoms with Crippen molar-refractivity contribution in [1.82, 2.24) is 4.98 Å². The van der Waals surface area contributed by atoms with E-state index in [1.807, 2.05) is 32.0 Å². The number of hydrogen-bond acceptors (Lipinski definition) is 4. The lowest BCUT2D eigenvalue weighted by Crippen LogP contribution is -2.38. The number of amides is 1. The minimum absolute atomic E-state index is 0.0627. The molecule has 1 aromatic heterocycles. The van der Waals surface area contributed by atoms with Crippen molar-refractivity contribution in [3.63, 3.8) is 0 Å².